The van der Waals surface area contributed by atoms with Gasteiger partial charge in [-0.05, 0) is 53.8 Å². The Balaban J connectivity index is 0.000000165. The van der Waals surface area contributed by atoms with Gasteiger partial charge >= 0.3 is 0 Å². The van der Waals surface area contributed by atoms with Gasteiger partial charge in [-0.1, -0.05) is 97.1 Å². The molecule has 0 spiro atoms. The lowest BCUT2D eigenvalue weighted by Gasteiger charge is -2.11. The Labute approximate surface area is 191 Å². The summed E-state index contributed by atoms with van der Waals surface area (Å²) in [5.74, 6) is 1.46. The largest absolute Gasteiger partial charge is 0.494 e. The first kappa shape index (κ1) is 21.5. The number of fused-ring (bicyclic) bond motifs is 1. The molecular weight excluding hydrogens is 390 g/mol. The van der Waals surface area contributed by atoms with Gasteiger partial charge in [-0.15, -0.1) is 0 Å². The third kappa shape index (κ3) is 5.28. The van der Waals surface area contributed by atoms with Crippen molar-refractivity contribution in [2.75, 3.05) is 12.3 Å². The molecule has 32 heavy (non-hydrogen) atoms. The minimum Gasteiger partial charge on any atom is -0.494 e. The minimum absolute atomic E-state index is 0.508. The molecule has 0 amide bonds. The smallest absolute Gasteiger partial charge is 0.119 e. The maximum absolute atomic E-state index is 5.85. The van der Waals surface area contributed by atoms with E-state index in [1.165, 1.54) is 22.3 Å². The van der Waals surface area contributed by atoms with Crippen molar-refractivity contribution >= 4 is 11.8 Å². The Hall–Kier alpha value is -3.78. The Morgan fingerprint density at radius 1 is 0.750 bits per heavy atom. The Morgan fingerprint density at radius 3 is 2.19 bits per heavy atom. The van der Waals surface area contributed by atoms with Gasteiger partial charge in [0.15, 0.2) is 0 Å². The molecule has 1 atom stereocenters. The number of nitrogen functional groups attached to an aromatic ring is 1. The van der Waals surface area contributed by atoms with Crippen LogP contribution in [0.5, 0.6) is 5.75 Å². The van der Waals surface area contributed by atoms with Crippen LogP contribution in [0.2, 0.25) is 0 Å². The first-order chi connectivity index (χ1) is 15.7. The quantitative estimate of drug-likeness (QED) is 0.343. The number of para-hydroxylation sites is 1. The molecule has 0 saturated carbocycles. The lowest BCUT2D eigenvalue weighted by Crippen LogP contribution is -1.98. The van der Waals surface area contributed by atoms with Crippen LogP contribution in [0.25, 0.3) is 17.2 Å². The summed E-state index contributed by atoms with van der Waals surface area (Å²) in [4.78, 5) is 0. The number of ether oxygens (including phenoxy) is 1. The van der Waals surface area contributed by atoms with E-state index < -0.39 is 0 Å². The summed E-state index contributed by atoms with van der Waals surface area (Å²) in [5, 5.41) is 0. The normalized spacial score (nSPS) is 13.7. The van der Waals surface area contributed by atoms with Gasteiger partial charge in [-0.3, -0.25) is 0 Å². The highest BCUT2D eigenvalue weighted by molar-refractivity contribution is 5.75. The Bertz CT molecular complexity index is 1160. The standard InChI is InChI=1S/C18H18O.C12H11N/c1-2-19-17-11-7-14(8-12-17)13-16-10-9-15-5-3-4-6-18(15)16;13-12-9-5-4-8-11(12)10-6-2-1-3-7-10/h3-12,16H,2,13H2,1H3;1-9H,13H2. The Kier molecular flexibility index (Phi) is 7.04. The van der Waals surface area contributed by atoms with Gasteiger partial charge in [0.25, 0.3) is 0 Å². The summed E-state index contributed by atoms with van der Waals surface area (Å²) in [6, 6.07) is 35.1. The van der Waals surface area contributed by atoms with E-state index in [9.17, 15) is 0 Å². The fourth-order valence-electron chi connectivity index (χ4n) is 4.02. The van der Waals surface area contributed by atoms with E-state index >= 15 is 0 Å². The molecule has 5 rings (SSSR count). The van der Waals surface area contributed by atoms with E-state index in [0.717, 1.165) is 30.0 Å². The number of anilines is 1. The van der Waals surface area contributed by atoms with Crippen LogP contribution in [-0.2, 0) is 6.42 Å². The van der Waals surface area contributed by atoms with E-state index in [4.69, 9.17) is 10.5 Å². The third-order valence-electron chi connectivity index (χ3n) is 5.64. The zero-order chi connectivity index (χ0) is 22.2. The molecule has 2 N–H and O–H groups in total. The number of benzene rings is 4. The lowest BCUT2D eigenvalue weighted by molar-refractivity contribution is 0.340. The van der Waals surface area contributed by atoms with E-state index in [-0.39, 0.29) is 0 Å². The van der Waals surface area contributed by atoms with E-state index in [2.05, 4.69) is 72.8 Å². The molecule has 0 heterocycles. The monoisotopic (exact) mass is 419 g/mol. The van der Waals surface area contributed by atoms with Gasteiger partial charge in [0, 0.05) is 17.2 Å². The van der Waals surface area contributed by atoms with Crippen LogP contribution in [0, 0.1) is 0 Å². The van der Waals surface area contributed by atoms with Gasteiger partial charge in [0.2, 0.25) is 0 Å². The minimum atomic E-state index is 0.508. The van der Waals surface area contributed by atoms with Crippen molar-refractivity contribution in [3.05, 3.63) is 126 Å². The summed E-state index contributed by atoms with van der Waals surface area (Å²) in [5.41, 5.74) is 13.1. The van der Waals surface area contributed by atoms with Crippen molar-refractivity contribution in [2.24, 2.45) is 0 Å². The molecule has 1 unspecified atom stereocenters. The van der Waals surface area contributed by atoms with Crippen LogP contribution in [0.1, 0.15) is 29.5 Å². The molecule has 0 bridgehead atoms. The van der Waals surface area contributed by atoms with Crippen LogP contribution in [-0.4, -0.2) is 6.61 Å². The topological polar surface area (TPSA) is 35.2 Å². The van der Waals surface area contributed by atoms with Crippen molar-refractivity contribution < 1.29 is 4.74 Å². The van der Waals surface area contributed by atoms with Crippen LogP contribution in [0.4, 0.5) is 5.69 Å². The van der Waals surface area contributed by atoms with Crippen molar-refractivity contribution in [1.82, 2.24) is 0 Å². The molecule has 4 aromatic rings. The van der Waals surface area contributed by atoms with Crippen LogP contribution in [0.3, 0.4) is 0 Å². The Morgan fingerprint density at radius 2 is 1.44 bits per heavy atom. The highest BCUT2D eigenvalue weighted by atomic mass is 16.5. The highest BCUT2D eigenvalue weighted by Crippen LogP contribution is 2.32. The van der Waals surface area contributed by atoms with Gasteiger partial charge in [-0.25, -0.2) is 0 Å². The molecule has 0 radical (unpaired) electrons. The van der Waals surface area contributed by atoms with E-state index in [0.29, 0.717) is 5.92 Å². The molecule has 0 saturated heterocycles. The zero-order valence-corrected chi connectivity index (χ0v) is 18.4. The average Bonchev–Trinajstić information content (AvgIpc) is 3.25. The third-order valence-corrected chi connectivity index (χ3v) is 5.64. The second-order valence-corrected chi connectivity index (χ2v) is 7.83. The van der Waals surface area contributed by atoms with Gasteiger partial charge in [-0.2, -0.15) is 0 Å². The molecule has 0 fully saturated rings. The highest BCUT2D eigenvalue weighted by Gasteiger charge is 2.16. The number of rotatable bonds is 5. The first-order valence-corrected chi connectivity index (χ1v) is 11.1. The van der Waals surface area contributed by atoms with Crippen molar-refractivity contribution in [1.29, 1.82) is 0 Å². The average molecular weight is 420 g/mol. The molecule has 0 aromatic heterocycles. The van der Waals surface area contributed by atoms with Gasteiger partial charge in [0.1, 0.15) is 5.75 Å². The second-order valence-electron chi connectivity index (χ2n) is 7.83. The van der Waals surface area contributed by atoms with E-state index in [1.54, 1.807) is 0 Å². The summed E-state index contributed by atoms with van der Waals surface area (Å²) < 4.78 is 5.47. The van der Waals surface area contributed by atoms with Crippen molar-refractivity contribution in [3.63, 3.8) is 0 Å². The SMILES string of the molecule is CCOc1ccc(CC2C=Cc3ccccc32)cc1.Nc1ccccc1-c1ccccc1. The predicted octanol–water partition coefficient (Wildman–Crippen LogP) is 7.37. The van der Waals surface area contributed by atoms with Crippen molar-refractivity contribution in [2.45, 2.75) is 19.3 Å². The number of allylic oxidation sites excluding steroid dienone is 1. The fraction of sp³-hybridized carbons (Fsp3) is 0.133. The molecule has 2 heteroatoms. The fourth-order valence-corrected chi connectivity index (χ4v) is 4.02. The molecule has 1 aliphatic rings. The maximum atomic E-state index is 5.85. The second kappa shape index (κ2) is 10.5. The van der Waals surface area contributed by atoms with Crippen LogP contribution >= 0.6 is 0 Å². The first-order valence-electron chi connectivity index (χ1n) is 11.1. The van der Waals surface area contributed by atoms with Crippen LogP contribution in [0.15, 0.2) is 109 Å². The molecular formula is C30H29NO. The molecule has 0 aliphatic heterocycles. The molecule has 2 nitrogen and oxygen atoms in total. The molecule has 4 aromatic carbocycles. The number of hydrogen-bond donors (Lipinski definition) is 1. The van der Waals surface area contributed by atoms with Crippen molar-refractivity contribution in [3.8, 4) is 16.9 Å². The molecule has 160 valence electrons. The summed E-state index contributed by atoms with van der Waals surface area (Å²) >= 11 is 0. The molecule has 1 aliphatic carbocycles. The van der Waals surface area contributed by atoms with E-state index in [1.807, 2.05) is 49.4 Å². The summed E-state index contributed by atoms with van der Waals surface area (Å²) in [6.07, 6.45) is 5.59. The van der Waals surface area contributed by atoms with Gasteiger partial charge < -0.3 is 10.5 Å². The maximum Gasteiger partial charge on any atom is 0.119 e. The number of hydrogen-bond acceptors (Lipinski definition) is 2. The predicted molar refractivity (Wildman–Crippen MR) is 136 cm³/mol. The van der Waals surface area contributed by atoms with Crippen LogP contribution < -0.4 is 10.5 Å². The lowest BCUT2D eigenvalue weighted by atomic mass is 9.94. The zero-order valence-electron chi connectivity index (χ0n) is 18.4. The number of nitrogens with two attached hydrogens (primary N) is 1. The van der Waals surface area contributed by atoms with Gasteiger partial charge in [0.05, 0.1) is 6.61 Å². The summed E-state index contributed by atoms with van der Waals surface area (Å²) in [7, 11) is 0. The summed E-state index contributed by atoms with van der Waals surface area (Å²) in [6.45, 7) is 2.73.